The molecule has 1 fully saturated rings. The lowest BCUT2D eigenvalue weighted by atomic mass is 10.0. The normalized spacial score (nSPS) is 14.4. The number of halogens is 2. The molecule has 3 nitrogen and oxygen atoms in total. The molecule has 1 aliphatic rings. The molecule has 1 saturated carbocycles. The minimum atomic E-state index is -0.259. The third-order valence-corrected chi connectivity index (χ3v) is 7.42. The van der Waals surface area contributed by atoms with Crippen LogP contribution in [0.15, 0.2) is 46.3 Å². The highest BCUT2D eigenvalue weighted by atomic mass is 127. The number of fused-ring (bicyclic) bond motifs is 1. The monoisotopic (exact) mass is 486 g/mol. The van der Waals surface area contributed by atoms with E-state index in [9.17, 15) is 9.18 Å². The van der Waals surface area contributed by atoms with Crippen LogP contribution in [0.3, 0.4) is 0 Å². The Hall–Kier alpha value is -0.930. The second-order valence-electron chi connectivity index (χ2n) is 6.33. The van der Waals surface area contributed by atoms with E-state index in [1.54, 1.807) is 25.0 Å². The van der Waals surface area contributed by atoms with Crippen molar-refractivity contribution in [3.8, 4) is 11.1 Å². The van der Waals surface area contributed by atoms with E-state index in [0.717, 1.165) is 27.5 Å². The van der Waals surface area contributed by atoms with Crippen molar-refractivity contribution in [2.24, 2.45) is 13.0 Å². The molecular weight excluding hydrogens is 470 g/mol. The Kier molecular flexibility index (Phi) is 4.89. The number of pyridine rings is 1. The lowest BCUT2D eigenvalue weighted by molar-refractivity contribution is 0.630. The highest BCUT2D eigenvalue weighted by Crippen LogP contribution is 2.37. The zero-order chi connectivity index (χ0) is 17.6. The molecule has 7 heteroatoms. The zero-order valence-electron chi connectivity index (χ0n) is 13.5. The van der Waals surface area contributed by atoms with Crippen molar-refractivity contribution in [2.75, 3.05) is 5.75 Å². The van der Waals surface area contributed by atoms with Gasteiger partial charge in [-0.15, -0.1) is 11.8 Å². The van der Waals surface area contributed by atoms with Crippen LogP contribution in [0.4, 0.5) is 4.39 Å². The number of aryl methyl sites for hydroxylation is 1. The Morgan fingerprint density at radius 1 is 1.28 bits per heavy atom. The van der Waals surface area contributed by atoms with Crippen LogP contribution in [0.1, 0.15) is 12.8 Å². The van der Waals surface area contributed by atoms with Gasteiger partial charge in [0, 0.05) is 76.9 Å². The molecule has 130 valence electrons. The summed E-state index contributed by atoms with van der Waals surface area (Å²) in [6.07, 6.45) is 6.21. The summed E-state index contributed by atoms with van der Waals surface area (Å²) in [5.41, 5.74) is 1.83. The van der Waals surface area contributed by atoms with Gasteiger partial charge in [0.2, 0.25) is 0 Å². The molecule has 25 heavy (non-hydrogen) atoms. The molecule has 0 saturated heterocycles. The number of nitrogens with zero attached hydrogens (tertiary/aromatic N) is 2. The largest absolute Gasteiger partial charge is 0.316 e. The molecule has 0 bridgehead atoms. The first-order valence-electron chi connectivity index (χ1n) is 8.01. The molecule has 1 aromatic carbocycles. The van der Waals surface area contributed by atoms with Crippen molar-refractivity contribution < 1.29 is 4.39 Å². The van der Waals surface area contributed by atoms with E-state index >= 15 is 0 Å². The second-order valence-corrected chi connectivity index (χ2v) is 9.13. The lowest BCUT2D eigenvalue weighted by Gasteiger charge is -2.11. The minimum absolute atomic E-state index is 0.0763. The Balaban J connectivity index is 1.86. The second kappa shape index (κ2) is 7.00. The van der Waals surface area contributed by atoms with Gasteiger partial charge in [0.25, 0.3) is 5.56 Å². The van der Waals surface area contributed by atoms with E-state index in [-0.39, 0.29) is 11.4 Å². The average Bonchev–Trinajstić information content (AvgIpc) is 3.34. The molecule has 0 radical (unpaired) electrons. The molecular formula is C18H16FIN2OS2. The number of hydrogen-bond donors (Lipinski definition) is 0. The van der Waals surface area contributed by atoms with Gasteiger partial charge in [-0.2, -0.15) is 0 Å². The molecule has 2 heterocycles. The van der Waals surface area contributed by atoms with Crippen molar-refractivity contribution in [2.45, 2.75) is 17.7 Å². The van der Waals surface area contributed by atoms with Crippen LogP contribution in [-0.4, -0.2) is 14.3 Å². The molecule has 0 unspecified atom stereocenters. The highest BCUT2D eigenvalue weighted by Gasteiger charge is 2.21. The summed E-state index contributed by atoms with van der Waals surface area (Å²) in [4.78, 5) is 13.6. The fourth-order valence-electron chi connectivity index (χ4n) is 2.90. The van der Waals surface area contributed by atoms with Crippen molar-refractivity contribution in [1.29, 1.82) is 0 Å². The standard InChI is InChI=1S/C18H16FIN2OS2/c1-21-9-15(13-6-7-22(25-20)17(13)18(21)23)14-8-12(4-5-16(14)19)24-10-11-2-3-11/h4-9,11H,2-3,10H2,1H3. The molecule has 3 aromatic rings. The van der Waals surface area contributed by atoms with Crippen LogP contribution < -0.4 is 5.56 Å². The zero-order valence-corrected chi connectivity index (χ0v) is 17.3. The molecule has 1 aliphatic carbocycles. The fourth-order valence-corrected chi connectivity index (χ4v) is 5.37. The number of benzene rings is 1. The molecule has 0 atom stereocenters. The summed E-state index contributed by atoms with van der Waals surface area (Å²) < 4.78 is 18.0. The van der Waals surface area contributed by atoms with E-state index in [4.69, 9.17) is 0 Å². The van der Waals surface area contributed by atoms with Crippen molar-refractivity contribution >= 4 is 53.0 Å². The number of thioether (sulfide) groups is 1. The minimum Gasteiger partial charge on any atom is -0.316 e. The predicted octanol–water partition coefficient (Wildman–Crippen LogP) is 5.49. The quantitative estimate of drug-likeness (QED) is 0.352. The van der Waals surface area contributed by atoms with Crippen molar-refractivity contribution in [1.82, 2.24) is 8.54 Å². The van der Waals surface area contributed by atoms with Crippen LogP contribution in [0.5, 0.6) is 0 Å². The Bertz CT molecular complexity index is 1010. The molecule has 0 spiro atoms. The van der Waals surface area contributed by atoms with E-state index in [2.05, 4.69) is 21.2 Å². The third kappa shape index (κ3) is 3.38. The molecule has 0 N–H and O–H groups in total. The van der Waals surface area contributed by atoms with Crippen molar-refractivity contribution in [3.05, 3.63) is 52.8 Å². The number of rotatable bonds is 5. The molecule has 2 aromatic heterocycles. The summed E-state index contributed by atoms with van der Waals surface area (Å²) in [6.45, 7) is 0. The third-order valence-electron chi connectivity index (χ3n) is 4.47. The first-order valence-corrected chi connectivity index (χ1v) is 12.3. The average molecular weight is 486 g/mol. The van der Waals surface area contributed by atoms with Gasteiger partial charge in [0.05, 0.1) is 0 Å². The first-order chi connectivity index (χ1) is 12.1. The van der Waals surface area contributed by atoms with Gasteiger partial charge in [-0.05, 0) is 43.0 Å². The highest BCUT2D eigenvalue weighted by molar-refractivity contribution is 14.2. The van der Waals surface area contributed by atoms with Gasteiger partial charge >= 0.3 is 0 Å². The van der Waals surface area contributed by atoms with E-state index in [0.29, 0.717) is 11.1 Å². The van der Waals surface area contributed by atoms with Crippen LogP contribution in [0.25, 0.3) is 22.0 Å². The van der Waals surface area contributed by atoms with Gasteiger partial charge in [0.1, 0.15) is 11.3 Å². The number of aromatic nitrogens is 2. The van der Waals surface area contributed by atoms with Gasteiger partial charge in [-0.3, -0.25) is 8.77 Å². The first kappa shape index (κ1) is 17.5. The Morgan fingerprint density at radius 3 is 2.80 bits per heavy atom. The summed E-state index contributed by atoms with van der Waals surface area (Å²) in [5.74, 6) is 1.65. The SMILES string of the molecule is Cn1cc(-c2cc(SCC3CC3)ccc2F)c2ccn(SI)c2c1=O. The summed E-state index contributed by atoms with van der Waals surface area (Å²) in [7, 11) is 3.15. The maximum atomic E-state index is 14.6. The van der Waals surface area contributed by atoms with Gasteiger partial charge in [0.15, 0.2) is 0 Å². The van der Waals surface area contributed by atoms with Gasteiger partial charge < -0.3 is 4.57 Å². The van der Waals surface area contributed by atoms with Crippen LogP contribution in [-0.2, 0) is 7.05 Å². The lowest BCUT2D eigenvalue weighted by Crippen LogP contribution is -2.18. The van der Waals surface area contributed by atoms with Crippen LogP contribution in [0, 0.1) is 11.7 Å². The molecule has 0 amide bonds. The van der Waals surface area contributed by atoms with Crippen LogP contribution >= 0.6 is 42.1 Å². The van der Waals surface area contributed by atoms with Gasteiger partial charge in [-0.1, -0.05) is 0 Å². The van der Waals surface area contributed by atoms with Gasteiger partial charge in [-0.25, -0.2) is 4.39 Å². The summed E-state index contributed by atoms with van der Waals surface area (Å²) in [6, 6.07) is 7.18. The smallest absolute Gasteiger partial charge is 0.275 e. The number of hydrogen-bond acceptors (Lipinski definition) is 3. The Labute approximate surface area is 165 Å². The maximum Gasteiger partial charge on any atom is 0.275 e. The van der Waals surface area contributed by atoms with E-state index in [1.165, 1.54) is 32.6 Å². The van der Waals surface area contributed by atoms with E-state index < -0.39 is 0 Å². The van der Waals surface area contributed by atoms with Crippen molar-refractivity contribution in [3.63, 3.8) is 0 Å². The summed E-state index contributed by atoms with van der Waals surface area (Å²) in [5, 5.41) is 0.788. The molecule has 0 aliphatic heterocycles. The Morgan fingerprint density at radius 2 is 2.08 bits per heavy atom. The summed E-state index contributed by atoms with van der Waals surface area (Å²) >= 11 is 3.93. The van der Waals surface area contributed by atoms with E-state index in [1.807, 2.05) is 28.4 Å². The fraction of sp³-hybridized carbons (Fsp3) is 0.278. The maximum absolute atomic E-state index is 14.6. The van der Waals surface area contributed by atoms with Crippen LogP contribution in [0.2, 0.25) is 0 Å². The topological polar surface area (TPSA) is 26.9 Å². The molecule has 4 rings (SSSR count). The predicted molar refractivity (Wildman–Crippen MR) is 113 cm³/mol.